The van der Waals surface area contributed by atoms with Gasteiger partial charge in [-0.1, -0.05) is 61.6 Å². The Bertz CT molecular complexity index is 1130. The van der Waals surface area contributed by atoms with E-state index in [9.17, 15) is 13.2 Å². The Labute approximate surface area is 180 Å². The number of sulfonamides is 1. The number of aromatic nitrogens is 2. The predicted molar refractivity (Wildman–Crippen MR) is 118 cm³/mol. The third-order valence-corrected chi connectivity index (χ3v) is 6.72. The van der Waals surface area contributed by atoms with Crippen LogP contribution in [0, 0.1) is 12.8 Å². The van der Waals surface area contributed by atoms with Crippen molar-refractivity contribution in [2.45, 2.75) is 38.6 Å². The van der Waals surface area contributed by atoms with Crippen LogP contribution in [0.1, 0.15) is 40.3 Å². The Balaban J connectivity index is 1.75. The maximum Gasteiger partial charge on any atom is 0.257 e. The number of carbonyl (C=O) groups is 1. The van der Waals surface area contributed by atoms with E-state index in [0.29, 0.717) is 16.6 Å². The molecule has 158 valence electrons. The van der Waals surface area contributed by atoms with Gasteiger partial charge in [-0.05, 0) is 36.1 Å². The van der Waals surface area contributed by atoms with Crippen molar-refractivity contribution in [3.8, 4) is 0 Å². The minimum Gasteiger partial charge on any atom is -0.296 e. The number of amides is 1. The van der Waals surface area contributed by atoms with Gasteiger partial charge >= 0.3 is 0 Å². The second-order valence-corrected chi connectivity index (χ2v) is 10.1. The van der Waals surface area contributed by atoms with E-state index < -0.39 is 15.9 Å². The summed E-state index contributed by atoms with van der Waals surface area (Å²) in [5, 5.41) is 12.0. The number of hydrogen-bond donors (Lipinski definition) is 2. The average molecular weight is 445 g/mol. The van der Waals surface area contributed by atoms with Gasteiger partial charge in [0.2, 0.25) is 15.2 Å². The fourth-order valence-electron chi connectivity index (χ4n) is 2.79. The fraction of sp³-hybridized carbons (Fsp3) is 0.286. The van der Waals surface area contributed by atoms with Gasteiger partial charge in [0, 0.05) is 18.5 Å². The maximum atomic E-state index is 12.8. The van der Waals surface area contributed by atoms with Crippen molar-refractivity contribution >= 4 is 32.4 Å². The molecule has 0 saturated heterocycles. The summed E-state index contributed by atoms with van der Waals surface area (Å²) in [5.74, 6) is 0.0107. The molecule has 0 aliphatic heterocycles. The molecule has 0 aliphatic carbocycles. The second kappa shape index (κ2) is 9.46. The highest BCUT2D eigenvalue weighted by Crippen LogP contribution is 2.21. The molecule has 0 radical (unpaired) electrons. The molecular formula is C21H24N4O3S2. The topological polar surface area (TPSA) is 101 Å². The first kappa shape index (κ1) is 22.1. The molecule has 2 N–H and O–H groups in total. The molecule has 1 heterocycles. The molecule has 2 aromatic carbocycles. The molecule has 3 aromatic rings. The zero-order valence-corrected chi connectivity index (χ0v) is 18.7. The first-order valence-corrected chi connectivity index (χ1v) is 11.8. The molecule has 0 aliphatic rings. The summed E-state index contributed by atoms with van der Waals surface area (Å²) in [5.41, 5.74) is 1.64. The van der Waals surface area contributed by atoms with Crippen LogP contribution in [0.5, 0.6) is 0 Å². The van der Waals surface area contributed by atoms with Crippen LogP contribution >= 0.6 is 11.3 Å². The summed E-state index contributed by atoms with van der Waals surface area (Å²) in [4.78, 5) is 12.7. The van der Waals surface area contributed by atoms with Gasteiger partial charge in [0.25, 0.3) is 5.91 Å². The molecule has 7 nitrogen and oxygen atoms in total. The van der Waals surface area contributed by atoms with Crippen LogP contribution in [0.15, 0.2) is 53.4 Å². The monoisotopic (exact) mass is 444 g/mol. The smallest absolute Gasteiger partial charge is 0.257 e. The number of carbonyl (C=O) groups excluding carboxylic acids is 1. The van der Waals surface area contributed by atoms with Gasteiger partial charge in [0.05, 0.1) is 4.90 Å². The lowest BCUT2D eigenvalue weighted by Gasteiger charge is -2.11. The van der Waals surface area contributed by atoms with Crippen molar-refractivity contribution in [2.75, 3.05) is 5.32 Å². The van der Waals surface area contributed by atoms with Gasteiger partial charge in [-0.25, -0.2) is 13.1 Å². The molecule has 0 unspecified atom stereocenters. The lowest BCUT2D eigenvalue weighted by Crippen LogP contribution is -2.24. The van der Waals surface area contributed by atoms with Crippen LogP contribution < -0.4 is 10.0 Å². The van der Waals surface area contributed by atoms with Gasteiger partial charge < -0.3 is 0 Å². The minimum atomic E-state index is -3.78. The number of nitrogens with one attached hydrogen (secondary N) is 2. The lowest BCUT2D eigenvalue weighted by atomic mass is 10.1. The summed E-state index contributed by atoms with van der Waals surface area (Å²) < 4.78 is 28.2. The number of nitrogens with zero attached hydrogens (tertiary/aromatic N) is 2. The quantitative estimate of drug-likeness (QED) is 0.551. The number of aryl methyl sites for hydroxylation is 1. The van der Waals surface area contributed by atoms with E-state index in [0.717, 1.165) is 17.0 Å². The summed E-state index contributed by atoms with van der Waals surface area (Å²) in [6, 6.07) is 13.8. The second-order valence-electron chi connectivity index (χ2n) is 7.34. The van der Waals surface area contributed by atoms with Crippen LogP contribution in [-0.4, -0.2) is 24.5 Å². The predicted octanol–water partition coefficient (Wildman–Crippen LogP) is 3.78. The highest BCUT2D eigenvalue weighted by Gasteiger charge is 2.20. The van der Waals surface area contributed by atoms with Crippen molar-refractivity contribution in [2.24, 2.45) is 5.92 Å². The third kappa shape index (κ3) is 5.71. The minimum absolute atomic E-state index is 0.0730. The molecule has 9 heteroatoms. The van der Waals surface area contributed by atoms with E-state index >= 15 is 0 Å². The molecular weight excluding hydrogens is 420 g/mol. The van der Waals surface area contributed by atoms with E-state index in [2.05, 4.69) is 34.1 Å². The van der Waals surface area contributed by atoms with E-state index in [1.54, 1.807) is 19.1 Å². The van der Waals surface area contributed by atoms with Gasteiger partial charge in [0.1, 0.15) is 5.01 Å². The molecule has 30 heavy (non-hydrogen) atoms. The fourth-order valence-corrected chi connectivity index (χ4v) is 5.02. The molecule has 0 spiro atoms. The molecule has 0 saturated carbocycles. The molecule has 1 aromatic heterocycles. The van der Waals surface area contributed by atoms with Gasteiger partial charge in [-0.3, -0.25) is 10.1 Å². The summed E-state index contributed by atoms with van der Waals surface area (Å²) in [6.07, 6.45) is 0.785. The molecule has 1 amide bonds. The van der Waals surface area contributed by atoms with E-state index in [1.807, 2.05) is 30.3 Å². The molecule has 0 atom stereocenters. The largest absolute Gasteiger partial charge is 0.296 e. The first-order chi connectivity index (χ1) is 14.2. The lowest BCUT2D eigenvalue weighted by molar-refractivity contribution is 0.102. The summed E-state index contributed by atoms with van der Waals surface area (Å²) >= 11 is 1.32. The molecule has 3 rings (SSSR count). The Morgan fingerprint density at radius 3 is 2.53 bits per heavy atom. The first-order valence-electron chi connectivity index (χ1n) is 9.52. The van der Waals surface area contributed by atoms with E-state index in [1.165, 1.54) is 17.4 Å². The third-order valence-electron chi connectivity index (χ3n) is 4.32. The van der Waals surface area contributed by atoms with Crippen molar-refractivity contribution in [1.29, 1.82) is 0 Å². The van der Waals surface area contributed by atoms with Gasteiger partial charge in [0.15, 0.2) is 0 Å². The number of rotatable bonds is 8. The van der Waals surface area contributed by atoms with E-state index in [4.69, 9.17) is 0 Å². The summed E-state index contributed by atoms with van der Waals surface area (Å²) in [6.45, 7) is 6.03. The van der Waals surface area contributed by atoms with Crippen molar-refractivity contribution in [1.82, 2.24) is 14.9 Å². The van der Waals surface area contributed by atoms with Crippen molar-refractivity contribution in [3.63, 3.8) is 0 Å². The van der Waals surface area contributed by atoms with Crippen molar-refractivity contribution in [3.05, 3.63) is 70.2 Å². The maximum absolute atomic E-state index is 12.8. The highest BCUT2D eigenvalue weighted by molar-refractivity contribution is 7.89. The number of benzene rings is 2. The van der Waals surface area contributed by atoms with Crippen LogP contribution in [-0.2, 0) is 23.0 Å². The molecule has 0 bridgehead atoms. The van der Waals surface area contributed by atoms with Crippen LogP contribution in [0.4, 0.5) is 5.13 Å². The number of hydrogen-bond acceptors (Lipinski definition) is 6. The van der Waals surface area contributed by atoms with Crippen LogP contribution in [0.3, 0.4) is 0 Å². The zero-order valence-electron chi connectivity index (χ0n) is 17.0. The number of anilines is 1. The van der Waals surface area contributed by atoms with Gasteiger partial charge in [-0.2, -0.15) is 0 Å². The average Bonchev–Trinajstić information content (AvgIpc) is 3.13. The Morgan fingerprint density at radius 2 is 1.83 bits per heavy atom. The Hall–Kier alpha value is -2.62. The van der Waals surface area contributed by atoms with Gasteiger partial charge in [-0.15, -0.1) is 10.2 Å². The van der Waals surface area contributed by atoms with Crippen LogP contribution in [0.2, 0.25) is 0 Å². The SMILES string of the molecule is Cc1ccc(C(=O)Nc2nnc(CC(C)C)s2)cc1S(=O)(=O)NCc1ccccc1. The van der Waals surface area contributed by atoms with Crippen LogP contribution in [0.25, 0.3) is 0 Å². The standard InChI is InChI=1S/C21H24N4O3S2/c1-14(2)11-19-24-25-21(29-19)23-20(26)17-10-9-15(3)18(12-17)30(27,28)22-13-16-7-5-4-6-8-16/h4-10,12,14,22H,11,13H2,1-3H3,(H,23,25,26). The highest BCUT2D eigenvalue weighted by atomic mass is 32.2. The molecule has 0 fully saturated rings. The normalized spacial score (nSPS) is 11.6. The zero-order chi connectivity index (χ0) is 21.7. The van der Waals surface area contributed by atoms with E-state index in [-0.39, 0.29) is 17.0 Å². The Kier molecular flexibility index (Phi) is 6.96. The van der Waals surface area contributed by atoms with Crippen molar-refractivity contribution < 1.29 is 13.2 Å². The summed E-state index contributed by atoms with van der Waals surface area (Å²) in [7, 11) is -3.78. The Morgan fingerprint density at radius 1 is 1.10 bits per heavy atom.